The fraction of sp³-hybridized carbons (Fsp3) is 0.308. The predicted molar refractivity (Wildman–Crippen MR) is 74.1 cm³/mol. The molecule has 0 radical (unpaired) electrons. The van der Waals surface area contributed by atoms with Crippen LogP contribution in [-0.4, -0.2) is 31.5 Å². The van der Waals surface area contributed by atoms with Crippen LogP contribution in [0.15, 0.2) is 41.6 Å². The van der Waals surface area contributed by atoms with Gasteiger partial charge in [0.15, 0.2) is 9.84 Å². The molecule has 19 heavy (non-hydrogen) atoms. The third-order valence-corrected chi connectivity index (χ3v) is 4.14. The van der Waals surface area contributed by atoms with Gasteiger partial charge in [-0.3, -0.25) is 0 Å². The van der Waals surface area contributed by atoms with Crippen LogP contribution in [-0.2, 0) is 9.84 Å². The molecule has 0 bridgehead atoms. The summed E-state index contributed by atoms with van der Waals surface area (Å²) < 4.78 is 24.6. The van der Waals surface area contributed by atoms with E-state index in [0.29, 0.717) is 0 Å². The molecule has 2 rings (SSSR count). The van der Waals surface area contributed by atoms with Gasteiger partial charge in [-0.25, -0.2) is 13.1 Å². The molecule has 6 heteroatoms. The van der Waals surface area contributed by atoms with Gasteiger partial charge in [0.05, 0.1) is 11.9 Å². The summed E-state index contributed by atoms with van der Waals surface area (Å²) in [7, 11) is -1.35. The van der Waals surface area contributed by atoms with Gasteiger partial charge in [-0.05, 0) is 25.6 Å². The molecule has 0 spiro atoms. The Morgan fingerprint density at radius 2 is 2.00 bits per heavy atom. The van der Waals surface area contributed by atoms with E-state index in [0.717, 1.165) is 11.3 Å². The number of nitrogens with one attached hydrogen (secondary N) is 1. The maximum absolute atomic E-state index is 11.5. The fourth-order valence-electron chi connectivity index (χ4n) is 1.85. The Balaban J connectivity index is 2.51. The average molecular weight is 279 g/mol. The molecule has 0 amide bonds. The van der Waals surface area contributed by atoms with Gasteiger partial charge in [-0.1, -0.05) is 18.2 Å². The number of hydrogen-bond donors (Lipinski definition) is 1. The Hall–Kier alpha value is -1.66. The number of sulfone groups is 1. The molecule has 5 nitrogen and oxygen atoms in total. The van der Waals surface area contributed by atoms with Gasteiger partial charge in [0.1, 0.15) is 4.90 Å². The maximum atomic E-state index is 11.5. The fourth-order valence-corrected chi connectivity index (χ4v) is 2.38. The molecule has 1 heterocycles. The van der Waals surface area contributed by atoms with Gasteiger partial charge >= 0.3 is 0 Å². The summed E-state index contributed by atoms with van der Waals surface area (Å²) >= 11 is 0. The van der Waals surface area contributed by atoms with Crippen molar-refractivity contribution in [3.63, 3.8) is 0 Å². The SMILES string of the molecule is CNC(C)c1ccccc1-n1cc(S(C)(=O)=O)cn1. The molecule has 1 aromatic carbocycles. The third-order valence-electron chi connectivity index (χ3n) is 3.07. The highest BCUT2D eigenvalue weighted by molar-refractivity contribution is 7.90. The molecule has 0 aliphatic heterocycles. The first-order valence-electron chi connectivity index (χ1n) is 5.95. The molecule has 1 N–H and O–H groups in total. The normalized spacial score (nSPS) is 13.4. The van der Waals surface area contributed by atoms with Gasteiger partial charge in [-0.15, -0.1) is 0 Å². The zero-order valence-corrected chi connectivity index (χ0v) is 12.0. The van der Waals surface area contributed by atoms with Crippen LogP contribution in [0.2, 0.25) is 0 Å². The monoisotopic (exact) mass is 279 g/mol. The number of para-hydroxylation sites is 1. The summed E-state index contributed by atoms with van der Waals surface area (Å²) in [5.41, 5.74) is 1.94. The van der Waals surface area contributed by atoms with Crippen LogP contribution in [0.1, 0.15) is 18.5 Å². The van der Waals surface area contributed by atoms with Crippen LogP contribution in [0.4, 0.5) is 0 Å². The molecular formula is C13H17N3O2S. The van der Waals surface area contributed by atoms with E-state index in [4.69, 9.17) is 0 Å². The Morgan fingerprint density at radius 3 is 2.58 bits per heavy atom. The minimum Gasteiger partial charge on any atom is -0.313 e. The van der Waals surface area contributed by atoms with Crippen molar-refractivity contribution in [3.8, 4) is 5.69 Å². The van der Waals surface area contributed by atoms with Crippen LogP contribution in [0.5, 0.6) is 0 Å². The molecule has 1 aromatic heterocycles. The molecule has 0 fully saturated rings. The lowest BCUT2D eigenvalue weighted by atomic mass is 10.1. The number of nitrogens with zero attached hydrogens (tertiary/aromatic N) is 2. The standard InChI is InChI=1S/C13H17N3O2S/c1-10(14-2)12-6-4-5-7-13(12)16-9-11(8-15-16)19(3,17)18/h4-10,14H,1-3H3. The summed E-state index contributed by atoms with van der Waals surface area (Å²) in [6, 6.07) is 7.93. The number of aromatic nitrogens is 2. The van der Waals surface area contributed by atoms with E-state index in [-0.39, 0.29) is 10.9 Å². The second kappa shape index (κ2) is 5.14. The second-order valence-electron chi connectivity index (χ2n) is 4.46. The molecule has 0 saturated heterocycles. The van der Waals surface area contributed by atoms with Crippen molar-refractivity contribution in [2.75, 3.05) is 13.3 Å². The summed E-state index contributed by atoms with van der Waals surface area (Å²) in [4.78, 5) is 0.222. The minimum atomic E-state index is -3.23. The number of benzene rings is 1. The van der Waals surface area contributed by atoms with Crippen molar-refractivity contribution in [2.45, 2.75) is 17.9 Å². The average Bonchev–Trinajstić information content (AvgIpc) is 2.87. The Kier molecular flexibility index (Phi) is 3.73. The van der Waals surface area contributed by atoms with Gasteiger partial charge in [-0.2, -0.15) is 5.10 Å². The predicted octanol–water partition coefficient (Wildman–Crippen LogP) is 1.56. The van der Waals surface area contributed by atoms with Crippen molar-refractivity contribution >= 4 is 9.84 Å². The summed E-state index contributed by atoms with van der Waals surface area (Å²) in [6.45, 7) is 2.04. The topological polar surface area (TPSA) is 64.0 Å². The molecular weight excluding hydrogens is 262 g/mol. The van der Waals surface area contributed by atoms with Gasteiger partial charge in [0, 0.05) is 18.5 Å². The van der Waals surface area contributed by atoms with E-state index in [1.54, 1.807) is 4.68 Å². The lowest BCUT2D eigenvalue weighted by Crippen LogP contribution is -2.15. The zero-order chi connectivity index (χ0) is 14.0. The van der Waals surface area contributed by atoms with E-state index < -0.39 is 9.84 Å². The number of rotatable bonds is 4. The van der Waals surface area contributed by atoms with Crippen molar-refractivity contribution in [1.29, 1.82) is 0 Å². The van der Waals surface area contributed by atoms with Gasteiger partial charge in [0.2, 0.25) is 0 Å². The first-order chi connectivity index (χ1) is 8.93. The lowest BCUT2D eigenvalue weighted by Gasteiger charge is -2.15. The minimum absolute atomic E-state index is 0.155. The molecule has 0 aliphatic rings. The van der Waals surface area contributed by atoms with E-state index in [1.807, 2.05) is 38.2 Å². The Morgan fingerprint density at radius 1 is 1.32 bits per heavy atom. The largest absolute Gasteiger partial charge is 0.313 e. The number of hydrogen-bond acceptors (Lipinski definition) is 4. The molecule has 1 atom stereocenters. The van der Waals surface area contributed by atoms with Crippen LogP contribution in [0.25, 0.3) is 5.69 Å². The first kappa shape index (κ1) is 13.8. The van der Waals surface area contributed by atoms with Crippen LogP contribution in [0.3, 0.4) is 0 Å². The third kappa shape index (κ3) is 2.85. The van der Waals surface area contributed by atoms with Gasteiger partial charge in [0.25, 0.3) is 0 Å². The second-order valence-corrected chi connectivity index (χ2v) is 6.48. The summed E-state index contributed by atoms with van der Waals surface area (Å²) in [6.07, 6.45) is 4.09. The van der Waals surface area contributed by atoms with Crippen LogP contribution < -0.4 is 5.32 Å². The van der Waals surface area contributed by atoms with E-state index in [9.17, 15) is 8.42 Å². The van der Waals surface area contributed by atoms with Crippen LogP contribution >= 0.6 is 0 Å². The highest BCUT2D eigenvalue weighted by Gasteiger charge is 2.14. The Bertz CT molecular complexity index is 677. The van der Waals surface area contributed by atoms with Crippen molar-refractivity contribution in [1.82, 2.24) is 15.1 Å². The highest BCUT2D eigenvalue weighted by atomic mass is 32.2. The zero-order valence-electron chi connectivity index (χ0n) is 11.2. The smallest absolute Gasteiger partial charge is 0.178 e. The van der Waals surface area contributed by atoms with Crippen LogP contribution in [0, 0.1) is 0 Å². The highest BCUT2D eigenvalue weighted by Crippen LogP contribution is 2.21. The maximum Gasteiger partial charge on any atom is 0.178 e. The Labute approximate surface area is 113 Å². The van der Waals surface area contributed by atoms with E-state index in [1.165, 1.54) is 18.6 Å². The molecule has 102 valence electrons. The van der Waals surface area contributed by atoms with Crippen molar-refractivity contribution in [3.05, 3.63) is 42.2 Å². The summed E-state index contributed by atoms with van der Waals surface area (Å²) in [5, 5.41) is 7.31. The van der Waals surface area contributed by atoms with E-state index in [2.05, 4.69) is 10.4 Å². The van der Waals surface area contributed by atoms with Crippen molar-refractivity contribution in [2.24, 2.45) is 0 Å². The molecule has 2 aromatic rings. The molecule has 0 saturated carbocycles. The molecule has 0 aliphatic carbocycles. The molecule has 1 unspecified atom stereocenters. The van der Waals surface area contributed by atoms with E-state index >= 15 is 0 Å². The first-order valence-corrected chi connectivity index (χ1v) is 7.84. The lowest BCUT2D eigenvalue weighted by molar-refractivity contribution is 0.602. The van der Waals surface area contributed by atoms with Gasteiger partial charge < -0.3 is 5.32 Å². The van der Waals surface area contributed by atoms with Crippen molar-refractivity contribution < 1.29 is 8.42 Å². The quantitative estimate of drug-likeness (QED) is 0.922. The summed E-state index contributed by atoms with van der Waals surface area (Å²) in [5.74, 6) is 0.